The standard InChI is InChI=1S/C22H25N3O2/c1-16(2)17-7-9-18(10-8-17)23-21-19-5-3-4-6-20(19)25(22(21)26)15-24-11-13-27-14-12-24/h3-10,16H,11-15H2,1-2H3. The lowest BCUT2D eigenvalue weighted by atomic mass is 10.0. The predicted molar refractivity (Wildman–Crippen MR) is 108 cm³/mol. The van der Waals surface area contributed by atoms with E-state index in [2.05, 4.69) is 30.9 Å². The molecule has 1 amide bonds. The summed E-state index contributed by atoms with van der Waals surface area (Å²) in [6.45, 7) is 8.02. The minimum absolute atomic E-state index is 0.0318. The van der Waals surface area contributed by atoms with Gasteiger partial charge in [0.2, 0.25) is 0 Å². The maximum Gasteiger partial charge on any atom is 0.278 e. The van der Waals surface area contributed by atoms with Crippen LogP contribution in [0, 0.1) is 0 Å². The van der Waals surface area contributed by atoms with E-state index in [1.807, 2.05) is 41.3 Å². The molecule has 4 rings (SSSR count). The van der Waals surface area contributed by atoms with Crippen LogP contribution in [-0.2, 0) is 9.53 Å². The minimum Gasteiger partial charge on any atom is -0.379 e. The van der Waals surface area contributed by atoms with Crippen LogP contribution in [0.1, 0.15) is 30.9 Å². The van der Waals surface area contributed by atoms with Gasteiger partial charge in [-0.2, -0.15) is 0 Å². The molecule has 140 valence electrons. The van der Waals surface area contributed by atoms with Crippen molar-refractivity contribution in [3.63, 3.8) is 0 Å². The van der Waals surface area contributed by atoms with Crippen LogP contribution in [0.5, 0.6) is 0 Å². The Labute approximate surface area is 160 Å². The summed E-state index contributed by atoms with van der Waals surface area (Å²) >= 11 is 0. The summed E-state index contributed by atoms with van der Waals surface area (Å²) in [4.78, 5) is 21.9. The third-order valence-electron chi connectivity index (χ3n) is 5.14. The summed E-state index contributed by atoms with van der Waals surface area (Å²) in [5.74, 6) is 0.445. The van der Waals surface area contributed by atoms with Crippen molar-refractivity contribution in [1.82, 2.24) is 4.90 Å². The summed E-state index contributed by atoms with van der Waals surface area (Å²) in [6.07, 6.45) is 0. The van der Waals surface area contributed by atoms with Crippen LogP contribution in [0.15, 0.2) is 53.5 Å². The summed E-state index contributed by atoms with van der Waals surface area (Å²) < 4.78 is 5.42. The number of nitrogens with zero attached hydrogens (tertiary/aromatic N) is 3. The molecule has 5 nitrogen and oxygen atoms in total. The fourth-order valence-electron chi connectivity index (χ4n) is 3.52. The highest BCUT2D eigenvalue weighted by Crippen LogP contribution is 2.31. The molecule has 2 heterocycles. The zero-order chi connectivity index (χ0) is 18.8. The zero-order valence-corrected chi connectivity index (χ0v) is 15.9. The SMILES string of the molecule is CC(C)c1ccc(N=C2C(=O)N(CN3CCOCC3)c3ccccc32)cc1. The first-order valence-corrected chi connectivity index (χ1v) is 9.53. The van der Waals surface area contributed by atoms with Crippen molar-refractivity contribution in [3.8, 4) is 0 Å². The lowest BCUT2D eigenvalue weighted by Gasteiger charge is -2.30. The summed E-state index contributed by atoms with van der Waals surface area (Å²) in [5, 5.41) is 0. The van der Waals surface area contributed by atoms with E-state index < -0.39 is 0 Å². The molecule has 0 saturated carbocycles. The van der Waals surface area contributed by atoms with Gasteiger partial charge >= 0.3 is 0 Å². The summed E-state index contributed by atoms with van der Waals surface area (Å²) in [7, 11) is 0. The van der Waals surface area contributed by atoms with Gasteiger partial charge < -0.3 is 4.74 Å². The average molecular weight is 363 g/mol. The lowest BCUT2D eigenvalue weighted by molar-refractivity contribution is -0.112. The van der Waals surface area contributed by atoms with Gasteiger partial charge in [0.15, 0.2) is 0 Å². The van der Waals surface area contributed by atoms with Crippen molar-refractivity contribution in [2.45, 2.75) is 19.8 Å². The number of benzene rings is 2. The van der Waals surface area contributed by atoms with E-state index in [0.29, 0.717) is 31.5 Å². The first-order valence-electron chi connectivity index (χ1n) is 9.53. The highest BCUT2D eigenvalue weighted by Gasteiger charge is 2.34. The van der Waals surface area contributed by atoms with Crippen molar-refractivity contribution in [2.24, 2.45) is 4.99 Å². The van der Waals surface area contributed by atoms with Crippen LogP contribution in [0.3, 0.4) is 0 Å². The quantitative estimate of drug-likeness (QED) is 0.834. The normalized spacial score (nSPS) is 19.1. The number of amides is 1. The van der Waals surface area contributed by atoms with Gasteiger partial charge in [-0.05, 0) is 29.7 Å². The predicted octanol–water partition coefficient (Wildman–Crippen LogP) is 3.57. The third-order valence-corrected chi connectivity index (χ3v) is 5.14. The molecule has 0 spiro atoms. The number of fused-ring (bicyclic) bond motifs is 1. The molecule has 27 heavy (non-hydrogen) atoms. The van der Waals surface area contributed by atoms with Crippen LogP contribution in [-0.4, -0.2) is 49.5 Å². The Morgan fingerprint density at radius 2 is 1.74 bits per heavy atom. The molecule has 2 aromatic carbocycles. The zero-order valence-electron chi connectivity index (χ0n) is 15.9. The van der Waals surface area contributed by atoms with Gasteiger partial charge in [0, 0.05) is 18.7 Å². The maximum atomic E-state index is 13.2. The average Bonchev–Trinajstić information content (AvgIpc) is 2.95. The molecule has 0 bridgehead atoms. The fourth-order valence-corrected chi connectivity index (χ4v) is 3.52. The molecule has 0 atom stereocenters. The Kier molecular flexibility index (Phi) is 5.05. The molecule has 0 radical (unpaired) electrons. The smallest absolute Gasteiger partial charge is 0.278 e. The second kappa shape index (κ2) is 7.62. The summed E-state index contributed by atoms with van der Waals surface area (Å²) in [6, 6.07) is 16.1. The van der Waals surface area contributed by atoms with Crippen molar-refractivity contribution in [1.29, 1.82) is 0 Å². The number of carbonyl (C=O) groups is 1. The van der Waals surface area contributed by atoms with Crippen LogP contribution in [0.25, 0.3) is 0 Å². The molecule has 1 fully saturated rings. The van der Waals surface area contributed by atoms with Crippen LogP contribution in [0.4, 0.5) is 11.4 Å². The van der Waals surface area contributed by atoms with E-state index in [-0.39, 0.29) is 5.91 Å². The number of para-hydroxylation sites is 1. The van der Waals surface area contributed by atoms with E-state index in [1.165, 1.54) is 5.56 Å². The molecule has 2 aliphatic rings. The Bertz CT molecular complexity index is 852. The first-order chi connectivity index (χ1) is 13.1. The number of carbonyl (C=O) groups excluding carboxylic acids is 1. The van der Waals surface area contributed by atoms with E-state index in [4.69, 9.17) is 9.73 Å². The van der Waals surface area contributed by atoms with Crippen molar-refractivity contribution >= 4 is 23.0 Å². The molecule has 1 saturated heterocycles. The number of morpholine rings is 1. The third kappa shape index (κ3) is 3.66. The largest absolute Gasteiger partial charge is 0.379 e. The molecular weight excluding hydrogens is 338 g/mol. The van der Waals surface area contributed by atoms with Gasteiger partial charge in [-0.15, -0.1) is 0 Å². The van der Waals surface area contributed by atoms with Crippen LogP contribution >= 0.6 is 0 Å². The van der Waals surface area contributed by atoms with E-state index in [1.54, 1.807) is 0 Å². The molecule has 0 aliphatic carbocycles. The molecule has 0 unspecified atom stereocenters. The number of anilines is 1. The molecule has 0 N–H and O–H groups in total. The molecule has 5 heteroatoms. The molecule has 2 aromatic rings. The van der Waals surface area contributed by atoms with Crippen molar-refractivity contribution in [3.05, 3.63) is 59.7 Å². The Hall–Kier alpha value is -2.50. The Morgan fingerprint density at radius 3 is 2.44 bits per heavy atom. The van der Waals surface area contributed by atoms with Crippen LogP contribution < -0.4 is 4.90 Å². The van der Waals surface area contributed by atoms with Crippen LogP contribution in [0.2, 0.25) is 0 Å². The number of ether oxygens (including phenoxy) is 1. The minimum atomic E-state index is -0.0318. The molecular formula is C22H25N3O2. The number of aliphatic imine (C=N–C) groups is 1. The maximum absolute atomic E-state index is 13.2. The number of hydrogen-bond acceptors (Lipinski definition) is 4. The van der Waals surface area contributed by atoms with Crippen molar-refractivity contribution in [2.75, 3.05) is 37.9 Å². The van der Waals surface area contributed by atoms with Gasteiger partial charge in [-0.3, -0.25) is 14.6 Å². The van der Waals surface area contributed by atoms with Gasteiger partial charge in [-0.25, -0.2) is 4.99 Å². The van der Waals surface area contributed by atoms with Gasteiger partial charge in [0.25, 0.3) is 5.91 Å². The first kappa shape index (κ1) is 17.9. The van der Waals surface area contributed by atoms with Gasteiger partial charge in [0.1, 0.15) is 5.71 Å². The Morgan fingerprint density at radius 1 is 1.04 bits per heavy atom. The topological polar surface area (TPSA) is 45.1 Å². The number of hydrogen-bond donors (Lipinski definition) is 0. The monoisotopic (exact) mass is 363 g/mol. The van der Waals surface area contributed by atoms with Crippen molar-refractivity contribution < 1.29 is 9.53 Å². The Balaban J connectivity index is 1.64. The number of rotatable bonds is 4. The second-order valence-electron chi connectivity index (χ2n) is 7.33. The highest BCUT2D eigenvalue weighted by molar-refractivity contribution is 6.54. The van der Waals surface area contributed by atoms with Gasteiger partial charge in [-0.1, -0.05) is 44.2 Å². The second-order valence-corrected chi connectivity index (χ2v) is 7.33. The van der Waals surface area contributed by atoms with E-state index in [0.717, 1.165) is 30.0 Å². The lowest BCUT2D eigenvalue weighted by Crippen LogP contribution is -2.45. The van der Waals surface area contributed by atoms with Gasteiger partial charge in [0.05, 0.1) is 31.3 Å². The summed E-state index contributed by atoms with van der Waals surface area (Å²) in [5.41, 5.74) is 4.45. The molecule has 0 aromatic heterocycles. The highest BCUT2D eigenvalue weighted by atomic mass is 16.5. The van der Waals surface area contributed by atoms with E-state index >= 15 is 0 Å². The van der Waals surface area contributed by atoms with E-state index in [9.17, 15) is 4.79 Å². The molecule has 2 aliphatic heterocycles. The fraction of sp³-hybridized carbons (Fsp3) is 0.364.